The zero-order chi connectivity index (χ0) is 13.0. The summed E-state index contributed by atoms with van der Waals surface area (Å²) in [6.07, 6.45) is 4.15. The first kappa shape index (κ1) is 12.2. The molecule has 2 N–H and O–H groups in total. The molecule has 4 heteroatoms. The first-order valence-corrected chi connectivity index (χ1v) is 5.64. The third kappa shape index (κ3) is 2.53. The molecule has 0 spiro atoms. The maximum Gasteiger partial charge on any atom is 0.126 e. The van der Waals surface area contributed by atoms with Gasteiger partial charge in [-0.1, -0.05) is 6.07 Å². The van der Waals surface area contributed by atoms with E-state index in [1.165, 1.54) is 0 Å². The van der Waals surface area contributed by atoms with E-state index in [0.29, 0.717) is 6.42 Å². The third-order valence-corrected chi connectivity index (χ3v) is 2.82. The number of hydrogen-bond donors (Lipinski definition) is 1. The number of ether oxygens (including phenoxy) is 2. The Bertz CT molecular complexity index is 541. The number of nitrogens with zero attached hydrogens (tertiary/aromatic N) is 1. The highest BCUT2D eigenvalue weighted by Crippen LogP contribution is 2.27. The number of benzene rings is 1. The van der Waals surface area contributed by atoms with Crippen molar-refractivity contribution in [3.05, 3.63) is 47.8 Å². The minimum absolute atomic E-state index is 0.687. The van der Waals surface area contributed by atoms with Gasteiger partial charge in [0.2, 0.25) is 0 Å². The fourth-order valence-electron chi connectivity index (χ4n) is 1.79. The van der Waals surface area contributed by atoms with Crippen molar-refractivity contribution in [1.82, 2.24) is 4.98 Å². The molecular weight excluding hydrogens is 228 g/mol. The Morgan fingerprint density at radius 2 is 1.94 bits per heavy atom. The van der Waals surface area contributed by atoms with Crippen LogP contribution < -0.4 is 15.2 Å². The highest BCUT2D eigenvalue weighted by molar-refractivity contribution is 5.50. The maximum atomic E-state index is 5.91. The Balaban J connectivity index is 2.32. The summed E-state index contributed by atoms with van der Waals surface area (Å²) in [7, 11) is 3.28. The first-order chi connectivity index (χ1) is 8.74. The second kappa shape index (κ2) is 5.40. The number of anilines is 1. The van der Waals surface area contributed by atoms with Crippen LogP contribution in [0.5, 0.6) is 11.5 Å². The molecule has 2 aromatic rings. The van der Waals surface area contributed by atoms with E-state index >= 15 is 0 Å². The lowest BCUT2D eigenvalue weighted by Gasteiger charge is -2.11. The molecule has 0 amide bonds. The van der Waals surface area contributed by atoms with Crippen molar-refractivity contribution in [3.63, 3.8) is 0 Å². The van der Waals surface area contributed by atoms with Gasteiger partial charge in [-0.05, 0) is 23.3 Å². The van der Waals surface area contributed by atoms with Gasteiger partial charge in [0, 0.05) is 30.6 Å². The molecule has 4 nitrogen and oxygen atoms in total. The lowest BCUT2D eigenvalue weighted by Crippen LogP contribution is -1.99. The van der Waals surface area contributed by atoms with Gasteiger partial charge in [-0.3, -0.25) is 4.98 Å². The Morgan fingerprint density at radius 1 is 1.11 bits per heavy atom. The zero-order valence-electron chi connectivity index (χ0n) is 10.5. The van der Waals surface area contributed by atoms with Gasteiger partial charge in [0.05, 0.1) is 14.2 Å². The van der Waals surface area contributed by atoms with Crippen LogP contribution in [0.1, 0.15) is 11.1 Å². The van der Waals surface area contributed by atoms with Crippen LogP contribution >= 0.6 is 0 Å². The number of aromatic nitrogens is 1. The van der Waals surface area contributed by atoms with Crippen molar-refractivity contribution in [2.45, 2.75) is 6.42 Å². The molecule has 0 saturated heterocycles. The van der Waals surface area contributed by atoms with E-state index in [2.05, 4.69) is 4.98 Å². The maximum absolute atomic E-state index is 5.91. The van der Waals surface area contributed by atoms with Gasteiger partial charge in [0.1, 0.15) is 11.5 Å². The summed E-state index contributed by atoms with van der Waals surface area (Å²) >= 11 is 0. The van der Waals surface area contributed by atoms with Gasteiger partial charge < -0.3 is 15.2 Å². The van der Waals surface area contributed by atoms with Crippen molar-refractivity contribution < 1.29 is 9.47 Å². The number of rotatable bonds is 4. The Hall–Kier alpha value is -2.23. The topological polar surface area (TPSA) is 57.4 Å². The summed E-state index contributed by atoms with van der Waals surface area (Å²) in [5.74, 6) is 1.56. The van der Waals surface area contributed by atoms with Crippen LogP contribution in [-0.2, 0) is 6.42 Å². The molecule has 1 aromatic carbocycles. The molecule has 94 valence electrons. The molecule has 1 heterocycles. The number of methoxy groups -OCH3 is 2. The lowest BCUT2D eigenvalue weighted by molar-refractivity contribution is 0.391. The van der Waals surface area contributed by atoms with Crippen LogP contribution in [0.25, 0.3) is 0 Å². The quantitative estimate of drug-likeness (QED) is 0.896. The molecule has 0 atom stereocenters. The van der Waals surface area contributed by atoms with E-state index < -0.39 is 0 Å². The molecule has 0 bridgehead atoms. The van der Waals surface area contributed by atoms with E-state index in [1.54, 1.807) is 32.7 Å². The second-order valence-electron chi connectivity index (χ2n) is 3.93. The van der Waals surface area contributed by atoms with Gasteiger partial charge in [-0.25, -0.2) is 0 Å². The van der Waals surface area contributed by atoms with Crippen molar-refractivity contribution in [2.24, 2.45) is 0 Å². The van der Waals surface area contributed by atoms with E-state index in [9.17, 15) is 0 Å². The van der Waals surface area contributed by atoms with E-state index in [1.807, 2.05) is 18.2 Å². The molecule has 0 aliphatic carbocycles. The van der Waals surface area contributed by atoms with Gasteiger partial charge in [0.25, 0.3) is 0 Å². The van der Waals surface area contributed by atoms with Crippen molar-refractivity contribution in [1.29, 1.82) is 0 Å². The predicted molar refractivity (Wildman–Crippen MR) is 71.0 cm³/mol. The molecule has 0 aliphatic rings. The predicted octanol–water partition coefficient (Wildman–Crippen LogP) is 2.27. The van der Waals surface area contributed by atoms with Crippen molar-refractivity contribution in [2.75, 3.05) is 20.0 Å². The number of hydrogen-bond acceptors (Lipinski definition) is 4. The van der Waals surface area contributed by atoms with Gasteiger partial charge in [-0.2, -0.15) is 0 Å². The fourth-order valence-corrected chi connectivity index (χ4v) is 1.79. The van der Waals surface area contributed by atoms with Crippen LogP contribution in [0, 0.1) is 0 Å². The van der Waals surface area contributed by atoms with E-state index in [0.717, 1.165) is 28.3 Å². The molecule has 18 heavy (non-hydrogen) atoms. The molecule has 0 saturated carbocycles. The number of pyridine rings is 1. The van der Waals surface area contributed by atoms with Crippen LogP contribution in [-0.4, -0.2) is 19.2 Å². The average molecular weight is 244 g/mol. The normalized spacial score (nSPS) is 10.1. The van der Waals surface area contributed by atoms with Crippen LogP contribution in [0.2, 0.25) is 0 Å². The Morgan fingerprint density at radius 3 is 2.61 bits per heavy atom. The SMILES string of the molecule is COc1ccc(Cc2cnccc2N)c(OC)c1. The Labute approximate surface area is 106 Å². The van der Waals surface area contributed by atoms with Crippen LogP contribution in [0.15, 0.2) is 36.7 Å². The lowest BCUT2D eigenvalue weighted by atomic mass is 10.0. The summed E-state index contributed by atoms with van der Waals surface area (Å²) in [6.45, 7) is 0. The van der Waals surface area contributed by atoms with Gasteiger partial charge in [-0.15, -0.1) is 0 Å². The van der Waals surface area contributed by atoms with Crippen LogP contribution in [0.4, 0.5) is 5.69 Å². The minimum atomic E-state index is 0.687. The van der Waals surface area contributed by atoms with Crippen molar-refractivity contribution in [3.8, 4) is 11.5 Å². The number of nitrogens with two attached hydrogens (primary N) is 1. The molecule has 0 radical (unpaired) electrons. The third-order valence-electron chi connectivity index (χ3n) is 2.82. The molecule has 2 rings (SSSR count). The van der Waals surface area contributed by atoms with E-state index in [4.69, 9.17) is 15.2 Å². The zero-order valence-corrected chi connectivity index (χ0v) is 10.5. The number of nitrogen functional groups attached to an aromatic ring is 1. The standard InChI is InChI=1S/C14H16N2O2/c1-17-12-4-3-10(14(8-12)18-2)7-11-9-16-6-5-13(11)15/h3-6,8-9H,7H2,1-2H3,(H2,15,16). The smallest absolute Gasteiger partial charge is 0.126 e. The summed E-state index contributed by atoms with van der Waals surface area (Å²) in [5, 5.41) is 0. The van der Waals surface area contributed by atoms with E-state index in [-0.39, 0.29) is 0 Å². The Kier molecular flexibility index (Phi) is 3.67. The minimum Gasteiger partial charge on any atom is -0.497 e. The van der Waals surface area contributed by atoms with Gasteiger partial charge >= 0.3 is 0 Å². The molecular formula is C14H16N2O2. The average Bonchev–Trinajstić information content (AvgIpc) is 2.41. The molecule has 1 aromatic heterocycles. The summed E-state index contributed by atoms with van der Waals surface area (Å²) in [4.78, 5) is 4.09. The summed E-state index contributed by atoms with van der Waals surface area (Å²) < 4.78 is 10.5. The van der Waals surface area contributed by atoms with Gasteiger partial charge in [0.15, 0.2) is 0 Å². The van der Waals surface area contributed by atoms with Crippen molar-refractivity contribution >= 4 is 5.69 Å². The first-order valence-electron chi connectivity index (χ1n) is 5.64. The molecule has 0 aliphatic heterocycles. The monoisotopic (exact) mass is 244 g/mol. The highest BCUT2D eigenvalue weighted by Gasteiger charge is 2.07. The fraction of sp³-hybridized carbons (Fsp3) is 0.214. The highest BCUT2D eigenvalue weighted by atomic mass is 16.5. The summed E-state index contributed by atoms with van der Waals surface area (Å²) in [5.41, 5.74) is 8.69. The summed E-state index contributed by atoms with van der Waals surface area (Å²) in [6, 6.07) is 7.54. The second-order valence-corrected chi connectivity index (χ2v) is 3.93. The molecule has 0 unspecified atom stereocenters. The molecule has 0 fully saturated rings. The van der Waals surface area contributed by atoms with Crippen LogP contribution in [0.3, 0.4) is 0 Å². The largest absolute Gasteiger partial charge is 0.497 e.